The highest BCUT2D eigenvalue weighted by Crippen LogP contribution is 1.95. The molecule has 0 aliphatic heterocycles. The number of thiocarbonyl (C=S) groups is 1. The van der Waals surface area contributed by atoms with E-state index in [1.807, 2.05) is 0 Å². The van der Waals surface area contributed by atoms with E-state index in [1.165, 1.54) is 0 Å². The van der Waals surface area contributed by atoms with Crippen molar-refractivity contribution in [2.75, 3.05) is 5.32 Å². The number of aromatic nitrogens is 2. The summed E-state index contributed by atoms with van der Waals surface area (Å²) in [6, 6.07) is 2.12. The first kappa shape index (κ1) is 10.8. The summed E-state index contributed by atoms with van der Waals surface area (Å²) in [4.78, 5) is 8.00. The molecule has 0 bridgehead atoms. The van der Waals surface area contributed by atoms with Crippen molar-refractivity contribution in [2.24, 2.45) is 0 Å². The van der Waals surface area contributed by atoms with Crippen LogP contribution in [0.4, 0.5) is 5.95 Å². The van der Waals surface area contributed by atoms with Gasteiger partial charge < -0.3 is 10.6 Å². The monoisotopic (exact) mass is 210 g/mol. The van der Waals surface area contributed by atoms with E-state index in [4.69, 9.17) is 12.2 Å². The Morgan fingerprint density at radius 2 is 2.14 bits per heavy atom. The van der Waals surface area contributed by atoms with Gasteiger partial charge in [-0.3, -0.25) is 0 Å². The van der Waals surface area contributed by atoms with Crippen LogP contribution in [0.3, 0.4) is 0 Å². The Kier molecular flexibility index (Phi) is 4.25. The fraction of sp³-hybridized carbons (Fsp3) is 0.444. The van der Waals surface area contributed by atoms with Crippen LogP contribution in [0.2, 0.25) is 0 Å². The highest BCUT2D eigenvalue weighted by atomic mass is 32.1. The van der Waals surface area contributed by atoms with Crippen LogP contribution in [-0.4, -0.2) is 21.1 Å². The van der Waals surface area contributed by atoms with E-state index in [2.05, 4.69) is 34.4 Å². The van der Waals surface area contributed by atoms with Crippen LogP contribution in [0.25, 0.3) is 0 Å². The molecule has 1 aromatic rings. The third kappa shape index (κ3) is 3.66. The van der Waals surface area contributed by atoms with Gasteiger partial charge in [0.05, 0.1) is 0 Å². The van der Waals surface area contributed by atoms with Crippen LogP contribution < -0.4 is 10.6 Å². The van der Waals surface area contributed by atoms with Gasteiger partial charge in [-0.2, -0.15) is 0 Å². The van der Waals surface area contributed by atoms with Crippen molar-refractivity contribution in [3.63, 3.8) is 0 Å². The minimum Gasteiger partial charge on any atom is -0.360 e. The van der Waals surface area contributed by atoms with E-state index in [1.54, 1.807) is 18.5 Å². The van der Waals surface area contributed by atoms with Crippen LogP contribution >= 0.6 is 12.2 Å². The second-order valence-electron chi connectivity index (χ2n) is 2.98. The quantitative estimate of drug-likeness (QED) is 0.741. The number of nitrogens with one attached hydrogen (secondary N) is 2. The molecule has 76 valence electrons. The summed E-state index contributed by atoms with van der Waals surface area (Å²) in [5.74, 6) is 0.522. The Morgan fingerprint density at radius 3 is 2.71 bits per heavy atom. The first-order valence-corrected chi connectivity index (χ1v) is 4.97. The highest BCUT2D eigenvalue weighted by molar-refractivity contribution is 7.80. The summed E-state index contributed by atoms with van der Waals surface area (Å²) in [7, 11) is 0. The topological polar surface area (TPSA) is 49.8 Å². The molecule has 1 aromatic heterocycles. The Balaban J connectivity index is 2.42. The van der Waals surface area contributed by atoms with Gasteiger partial charge >= 0.3 is 0 Å². The Bertz CT molecular complexity index is 288. The minimum atomic E-state index is 0.360. The lowest BCUT2D eigenvalue weighted by Gasteiger charge is -2.13. The molecule has 14 heavy (non-hydrogen) atoms. The predicted molar refractivity (Wildman–Crippen MR) is 61.1 cm³/mol. The fourth-order valence-electron chi connectivity index (χ4n) is 0.827. The normalized spacial score (nSPS) is 11.9. The molecule has 0 amide bonds. The second kappa shape index (κ2) is 5.49. The highest BCUT2D eigenvalue weighted by Gasteiger charge is 2.02. The van der Waals surface area contributed by atoms with Crippen LogP contribution in [0.5, 0.6) is 0 Å². The number of hydrogen-bond acceptors (Lipinski definition) is 3. The van der Waals surface area contributed by atoms with Gasteiger partial charge in [0.2, 0.25) is 5.95 Å². The summed E-state index contributed by atoms with van der Waals surface area (Å²) < 4.78 is 0. The summed E-state index contributed by atoms with van der Waals surface area (Å²) in [5, 5.41) is 6.58. The van der Waals surface area contributed by atoms with Crippen molar-refractivity contribution < 1.29 is 0 Å². The fourth-order valence-corrected chi connectivity index (χ4v) is 1.12. The van der Waals surface area contributed by atoms with Crippen LogP contribution in [-0.2, 0) is 0 Å². The van der Waals surface area contributed by atoms with Crippen molar-refractivity contribution in [3.05, 3.63) is 18.5 Å². The maximum atomic E-state index is 5.08. The lowest BCUT2D eigenvalue weighted by molar-refractivity contribution is 0.645. The van der Waals surface area contributed by atoms with E-state index in [9.17, 15) is 0 Å². The van der Waals surface area contributed by atoms with Crippen molar-refractivity contribution >= 4 is 23.3 Å². The van der Waals surface area contributed by atoms with Gasteiger partial charge in [-0.15, -0.1) is 0 Å². The number of anilines is 1. The number of nitrogens with zero attached hydrogens (tertiary/aromatic N) is 2. The largest absolute Gasteiger partial charge is 0.360 e. The standard InChI is InChI=1S/C9H14N4S/c1-3-7(2)12-9(14)13-8-10-5-4-6-11-8/h4-7H,3H2,1-2H3,(H2,10,11,12,13,14)/t7-/m1/s1. The summed E-state index contributed by atoms with van der Waals surface area (Å²) in [6.45, 7) is 4.17. The zero-order valence-corrected chi connectivity index (χ0v) is 9.14. The van der Waals surface area contributed by atoms with Crippen molar-refractivity contribution in [1.82, 2.24) is 15.3 Å². The van der Waals surface area contributed by atoms with E-state index in [-0.39, 0.29) is 0 Å². The number of rotatable bonds is 3. The molecule has 1 atom stereocenters. The van der Waals surface area contributed by atoms with E-state index < -0.39 is 0 Å². The summed E-state index contributed by atoms with van der Waals surface area (Å²) in [5.41, 5.74) is 0. The molecular weight excluding hydrogens is 196 g/mol. The summed E-state index contributed by atoms with van der Waals surface area (Å²) in [6.07, 6.45) is 4.36. The zero-order valence-electron chi connectivity index (χ0n) is 8.32. The van der Waals surface area contributed by atoms with Crippen molar-refractivity contribution in [3.8, 4) is 0 Å². The van der Waals surface area contributed by atoms with Gasteiger partial charge in [-0.25, -0.2) is 9.97 Å². The molecule has 4 nitrogen and oxygen atoms in total. The lowest BCUT2D eigenvalue weighted by atomic mass is 10.3. The molecular formula is C9H14N4S. The maximum Gasteiger partial charge on any atom is 0.228 e. The predicted octanol–water partition coefficient (Wildman–Crippen LogP) is 1.56. The molecule has 0 unspecified atom stereocenters. The van der Waals surface area contributed by atoms with Crippen LogP contribution in [0.15, 0.2) is 18.5 Å². The third-order valence-corrected chi connectivity index (χ3v) is 2.00. The molecule has 0 saturated heterocycles. The second-order valence-corrected chi connectivity index (χ2v) is 3.39. The van der Waals surface area contributed by atoms with Gasteiger partial charge in [0, 0.05) is 18.4 Å². The minimum absolute atomic E-state index is 0.360. The third-order valence-electron chi connectivity index (χ3n) is 1.78. The molecule has 0 aromatic carbocycles. The molecule has 0 spiro atoms. The maximum absolute atomic E-state index is 5.08. The first-order chi connectivity index (χ1) is 6.72. The Labute approximate surface area is 89.2 Å². The average molecular weight is 210 g/mol. The Morgan fingerprint density at radius 1 is 1.50 bits per heavy atom. The molecule has 1 heterocycles. The average Bonchev–Trinajstić information content (AvgIpc) is 2.19. The SMILES string of the molecule is CC[C@@H](C)NC(=S)Nc1ncccn1. The van der Waals surface area contributed by atoms with Crippen molar-refractivity contribution in [2.45, 2.75) is 26.3 Å². The van der Waals surface area contributed by atoms with Gasteiger partial charge in [0.1, 0.15) is 0 Å². The Hall–Kier alpha value is -1.23. The molecule has 0 aliphatic carbocycles. The van der Waals surface area contributed by atoms with Crippen LogP contribution in [0, 0.1) is 0 Å². The lowest BCUT2D eigenvalue weighted by Crippen LogP contribution is -2.35. The van der Waals surface area contributed by atoms with Crippen LogP contribution in [0.1, 0.15) is 20.3 Å². The van der Waals surface area contributed by atoms with E-state index in [0.717, 1.165) is 6.42 Å². The van der Waals surface area contributed by atoms with Gasteiger partial charge in [-0.05, 0) is 31.6 Å². The van der Waals surface area contributed by atoms with Gasteiger partial charge in [0.15, 0.2) is 5.11 Å². The first-order valence-electron chi connectivity index (χ1n) is 4.57. The molecule has 0 saturated carbocycles. The molecule has 0 aliphatic rings. The van der Waals surface area contributed by atoms with Crippen molar-refractivity contribution in [1.29, 1.82) is 0 Å². The van der Waals surface area contributed by atoms with E-state index in [0.29, 0.717) is 17.1 Å². The van der Waals surface area contributed by atoms with E-state index >= 15 is 0 Å². The number of hydrogen-bond donors (Lipinski definition) is 2. The smallest absolute Gasteiger partial charge is 0.228 e. The molecule has 0 radical (unpaired) electrons. The zero-order chi connectivity index (χ0) is 10.4. The molecule has 0 fully saturated rings. The molecule has 2 N–H and O–H groups in total. The summed E-state index contributed by atoms with van der Waals surface area (Å²) >= 11 is 5.08. The van der Waals surface area contributed by atoms with Gasteiger partial charge in [0.25, 0.3) is 0 Å². The molecule has 1 rings (SSSR count). The van der Waals surface area contributed by atoms with Gasteiger partial charge in [-0.1, -0.05) is 6.92 Å². The molecule has 5 heteroatoms.